The second-order valence-corrected chi connectivity index (χ2v) is 19.7. The van der Waals surface area contributed by atoms with Gasteiger partial charge in [0.25, 0.3) is 0 Å². The Morgan fingerprint density at radius 2 is 0.875 bits per heavy atom. The van der Waals surface area contributed by atoms with E-state index in [2.05, 4.69) is 62.5 Å². The maximum Gasteiger partial charge on any atom is 0.306 e. The minimum absolute atomic E-state index is 0.158. The highest BCUT2D eigenvalue weighted by atomic mass is 16.7. The van der Waals surface area contributed by atoms with Crippen molar-refractivity contribution >= 4 is 11.9 Å². The summed E-state index contributed by atoms with van der Waals surface area (Å²) < 4.78 is 33.6. The summed E-state index contributed by atoms with van der Waals surface area (Å²) in [7, 11) is 0. The van der Waals surface area contributed by atoms with E-state index in [1.165, 1.54) is 109 Å². The number of carbonyl (C=O) groups is 2. The van der Waals surface area contributed by atoms with Gasteiger partial charge in [-0.15, -0.1) is 0 Å². The number of aliphatic hydroxyl groups excluding tert-OH is 7. The molecule has 0 aliphatic carbocycles. The molecule has 2 heterocycles. The number of esters is 2. The highest BCUT2D eigenvalue weighted by molar-refractivity contribution is 5.70. The number of unbranched alkanes of at least 4 members (excludes halogenated alkanes) is 22. The molecule has 0 amide bonds. The second-order valence-electron chi connectivity index (χ2n) is 19.7. The first-order valence-corrected chi connectivity index (χ1v) is 28.2. The van der Waals surface area contributed by atoms with Crippen LogP contribution in [0.2, 0.25) is 0 Å². The Kier molecular flexibility index (Phi) is 39.8. The van der Waals surface area contributed by atoms with Crippen LogP contribution in [0.5, 0.6) is 0 Å². The summed E-state index contributed by atoms with van der Waals surface area (Å²) in [6, 6.07) is 0. The van der Waals surface area contributed by atoms with Crippen LogP contribution in [-0.4, -0.2) is 142 Å². The predicted molar refractivity (Wildman–Crippen MR) is 280 cm³/mol. The van der Waals surface area contributed by atoms with E-state index in [0.29, 0.717) is 12.8 Å². The number of aliphatic hydroxyl groups is 7. The van der Waals surface area contributed by atoms with Crippen molar-refractivity contribution in [3.05, 3.63) is 48.6 Å². The van der Waals surface area contributed by atoms with Crippen molar-refractivity contribution in [2.24, 2.45) is 0 Å². The van der Waals surface area contributed by atoms with Crippen LogP contribution in [0.25, 0.3) is 0 Å². The first-order chi connectivity index (χ1) is 35.0. The Morgan fingerprint density at radius 3 is 1.38 bits per heavy atom. The Balaban J connectivity index is 1.77. The van der Waals surface area contributed by atoms with Crippen LogP contribution < -0.4 is 0 Å². The molecule has 2 fully saturated rings. The smallest absolute Gasteiger partial charge is 0.306 e. The van der Waals surface area contributed by atoms with Gasteiger partial charge in [0.05, 0.1) is 19.8 Å². The van der Waals surface area contributed by atoms with Crippen molar-refractivity contribution in [2.45, 2.75) is 274 Å². The lowest BCUT2D eigenvalue weighted by Crippen LogP contribution is -2.61. The molecule has 2 aliphatic rings. The molecule has 2 rings (SSSR count). The van der Waals surface area contributed by atoms with Crippen molar-refractivity contribution in [3.8, 4) is 0 Å². The number of rotatable bonds is 44. The third-order valence-corrected chi connectivity index (χ3v) is 13.3. The largest absolute Gasteiger partial charge is 0.462 e. The molecule has 418 valence electrons. The summed E-state index contributed by atoms with van der Waals surface area (Å²) in [5.41, 5.74) is 0. The van der Waals surface area contributed by atoms with Crippen LogP contribution in [0, 0.1) is 0 Å². The fraction of sp³-hybridized carbons (Fsp3) is 0.825. The van der Waals surface area contributed by atoms with Crippen LogP contribution >= 0.6 is 0 Å². The molecule has 0 bridgehead atoms. The number of ether oxygens (including phenoxy) is 6. The van der Waals surface area contributed by atoms with Gasteiger partial charge < -0.3 is 64.2 Å². The maximum absolute atomic E-state index is 13.1. The summed E-state index contributed by atoms with van der Waals surface area (Å²) in [5, 5.41) is 72.2. The number of allylic oxidation sites excluding steroid dienone is 8. The van der Waals surface area contributed by atoms with Crippen molar-refractivity contribution in [3.63, 3.8) is 0 Å². The molecular weight excluding hydrogens is 925 g/mol. The van der Waals surface area contributed by atoms with Gasteiger partial charge in [0.15, 0.2) is 18.7 Å². The van der Waals surface area contributed by atoms with Gasteiger partial charge in [0, 0.05) is 12.8 Å². The molecule has 0 aromatic rings. The quantitative estimate of drug-likeness (QED) is 0.0171. The van der Waals surface area contributed by atoms with Crippen LogP contribution in [0.1, 0.15) is 206 Å². The lowest BCUT2D eigenvalue weighted by Gasteiger charge is -2.42. The average Bonchev–Trinajstić information content (AvgIpc) is 3.37. The first-order valence-electron chi connectivity index (χ1n) is 28.2. The van der Waals surface area contributed by atoms with E-state index < -0.39 is 99.3 Å². The fourth-order valence-electron chi connectivity index (χ4n) is 8.74. The maximum atomic E-state index is 13.1. The van der Waals surface area contributed by atoms with Crippen LogP contribution in [0.4, 0.5) is 0 Å². The van der Waals surface area contributed by atoms with E-state index in [1.807, 2.05) is 0 Å². The summed E-state index contributed by atoms with van der Waals surface area (Å²) in [5.74, 6) is -0.967. The lowest BCUT2D eigenvalue weighted by atomic mass is 9.98. The van der Waals surface area contributed by atoms with E-state index >= 15 is 0 Å². The van der Waals surface area contributed by atoms with Gasteiger partial charge in [0.2, 0.25) is 0 Å². The summed E-state index contributed by atoms with van der Waals surface area (Å²) in [6.45, 7) is 2.46. The normalized spacial score (nSPS) is 25.3. The van der Waals surface area contributed by atoms with Gasteiger partial charge in [-0.2, -0.15) is 0 Å². The molecule has 0 radical (unpaired) electrons. The Labute approximate surface area is 433 Å². The molecule has 0 spiro atoms. The Bertz CT molecular complexity index is 1440. The molecule has 11 atom stereocenters. The molecule has 0 aromatic carbocycles. The summed E-state index contributed by atoms with van der Waals surface area (Å²) in [6.07, 6.45) is 32.9. The van der Waals surface area contributed by atoms with Crippen molar-refractivity contribution in [1.29, 1.82) is 0 Å². The topological polar surface area (TPSA) is 231 Å². The van der Waals surface area contributed by atoms with E-state index in [4.69, 9.17) is 28.4 Å². The molecular formula is C57H100O15. The van der Waals surface area contributed by atoms with Gasteiger partial charge in [-0.1, -0.05) is 191 Å². The minimum atomic E-state index is -1.77. The molecule has 15 heteroatoms. The third-order valence-electron chi connectivity index (χ3n) is 13.3. The first kappa shape index (κ1) is 65.6. The zero-order chi connectivity index (χ0) is 52.4. The van der Waals surface area contributed by atoms with Gasteiger partial charge >= 0.3 is 11.9 Å². The molecule has 15 nitrogen and oxygen atoms in total. The SMILES string of the molecule is CC/C=C/C/C=C/C/C=C/C/C=C/CCCCC(=O)OC[C@H](CO[C@H]1O[C@@H](CO[C@H]2O[C@@H](CO)[C@@H](O)C(O)C2O)[C@@H](O)C(O)C1O)OC(=O)CCCCCCCCCCCCCCCCCCCCCCC. The monoisotopic (exact) mass is 1020 g/mol. The zero-order valence-electron chi connectivity index (χ0n) is 44.4. The van der Waals surface area contributed by atoms with E-state index in [9.17, 15) is 45.3 Å². The fourth-order valence-corrected chi connectivity index (χ4v) is 8.74. The summed E-state index contributed by atoms with van der Waals surface area (Å²) >= 11 is 0. The standard InChI is InChI=1S/C57H100O15/c1-3-5-7-9-11-13-15-17-19-20-21-22-23-24-26-28-30-32-34-36-38-40-49(60)70-45(42-67-48(59)39-37-35-33-31-29-27-25-18-16-14-12-10-8-6-4-2)43-68-56-55(66)53(64)51(62)47(72-56)44-69-57-54(65)52(63)50(61)46(41-58)71-57/h6,8,12,14,18,25,29,31,45-47,50-58,61-66H,3-5,7,9-11,13,15-17,19-24,26-28,30,32-44H2,1-2H3/b8-6+,14-12+,25-18+,31-29+/t45-,46+,47+,50-,51-,52?,53?,54?,55?,56+,57+/m1/s1. The van der Waals surface area contributed by atoms with Gasteiger partial charge in [-0.05, 0) is 51.4 Å². The molecule has 2 saturated heterocycles. The predicted octanol–water partition coefficient (Wildman–Crippen LogP) is 9.05. The van der Waals surface area contributed by atoms with Gasteiger partial charge in [0.1, 0.15) is 55.4 Å². The average molecular weight is 1030 g/mol. The molecule has 0 aromatic heterocycles. The minimum Gasteiger partial charge on any atom is -0.462 e. The highest BCUT2D eigenvalue weighted by Gasteiger charge is 2.47. The van der Waals surface area contributed by atoms with Gasteiger partial charge in [-0.3, -0.25) is 9.59 Å². The van der Waals surface area contributed by atoms with E-state index in [-0.39, 0.29) is 19.4 Å². The number of hydrogen-bond acceptors (Lipinski definition) is 15. The molecule has 4 unspecified atom stereocenters. The van der Waals surface area contributed by atoms with E-state index in [1.54, 1.807) is 0 Å². The van der Waals surface area contributed by atoms with E-state index in [0.717, 1.165) is 57.8 Å². The second kappa shape index (κ2) is 43.7. The molecule has 2 aliphatic heterocycles. The molecule has 7 N–H and O–H groups in total. The third kappa shape index (κ3) is 30.7. The zero-order valence-corrected chi connectivity index (χ0v) is 44.4. The number of hydrogen-bond donors (Lipinski definition) is 7. The van der Waals surface area contributed by atoms with Gasteiger partial charge in [-0.25, -0.2) is 0 Å². The molecule has 72 heavy (non-hydrogen) atoms. The Morgan fingerprint density at radius 1 is 0.458 bits per heavy atom. The Hall–Kier alpha value is -2.54. The van der Waals surface area contributed by atoms with Crippen LogP contribution in [0.15, 0.2) is 48.6 Å². The van der Waals surface area contributed by atoms with Crippen molar-refractivity contribution < 1.29 is 73.8 Å². The molecule has 0 saturated carbocycles. The summed E-state index contributed by atoms with van der Waals surface area (Å²) in [4.78, 5) is 25.8. The van der Waals surface area contributed by atoms with Crippen molar-refractivity contribution in [1.82, 2.24) is 0 Å². The van der Waals surface area contributed by atoms with Crippen LogP contribution in [-0.2, 0) is 38.0 Å². The van der Waals surface area contributed by atoms with Crippen molar-refractivity contribution in [2.75, 3.05) is 26.4 Å². The van der Waals surface area contributed by atoms with Crippen LogP contribution in [0.3, 0.4) is 0 Å². The lowest BCUT2D eigenvalue weighted by molar-refractivity contribution is -0.332. The number of carbonyl (C=O) groups excluding carboxylic acids is 2. The highest BCUT2D eigenvalue weighted by Crippen LogP contribution is 2.27.